The summed E-state index contributed by atoms with van der Waals surface area (Å²) in [5.41, 5.74) is 0.741. The molecule has 0 spiro atoms. The maximum atomic E-state index is 12.3. The first-order valence-electron chi connectivity index (χ1n) is 7.16. The molecule has 25 heavy (non-hydrogen) atoms. The van der Waals surface area contributed by atoms with Crippen LogP contribution in [0.4, 0.5) is 0 Å². The Labute approximate surface area is 151 Å². The Morgan fingerprint density at radius 2 is 1.84 bits per heavy atom. The number of ether oxygens (including phenoxy) is 1. The van der Waals surface area contributed by atoms with E-state index in [1.54, 1.807) is 24.3 Å². The van der Waals surface area contributed by atoms with Crippen LogP contribution < -0.4 is 4.74 Å². The van der Waals surface area contributed by atoms with E-state index in [4.69, 9.17) is 21.6 Å². The van der Waals surface area contributed by atoms with Crippen LogP contribution in [-0.2, 0) is 16.4 Å². The van der Waals surface area contributed by atoms with Crippen molar-refractivity contribution in [3.63, 3.8) is 0 Å². The fourth-order valence-corrected chi connectivity index (χ4v) is 3.08. The van der Waals surface area contributed by atoms with Gasteiger partial charge in [-0.15, -0.1) is 0 Å². The molecule has 0 aliphatic heterocycles. The van der Waals surface area contributed by atoms with Crippen LogP contribution in [0.15, 0.2) is 47.4 Å². The SMILES string of the molecule is CN(C)S(=O)(=O)c1ccc(Cl)c(C(=O)Oc2ccc(CC#N)cc2)c1. The average molecular weight is 379 g/mol. The Balaban J connectivity index is 2.29. The van der Waals surface area contributed by atoms with Crippen molar-refractivity contribution in [2.75, 3.05) is 14.1 Å². The van der Waals surface area contributed by atoms with Gasteiger partial charge in [0.05, 0.1) is 28.0 Å². The molecule has 2 aromatic carbocycles. The summed E-state index contributed by atoms with van der Waals surface area (Å²) in [6.07, 6.45) is 0.254. The molecule has 0 saturated heterocycles. The Morgan fingerprint density at radius 3 is 2.40 bits per heavy atom. The molecule has 0 N–H and O–H groups in total. The number of nitriles is 1. The van der Waals surface area contributed by atoms with E-state index in [-0.39, 0.29) is 27.7 Å². The minimum Gasteiger partial charge on any atom is -0.423 e. The monoisotopic (exact) mass is 378 g/mol. The van der Waals surface area contributed by atoms with Crippen LogP contribution in [0.25, 0.3) is 0 Å². The molecule has 6 nitrogen and oxygen atoms in total. The van der Waals surface area contributed by atoms with Gasteiger partial charge < -0.3 is 4.74 Å². The maximum absolute atomic E-state index is 12.3. The van der Waals surface area contributed by atoms with E-state index in [1.165, 1.54) is 32.3 Å². The van der Waals surface area contributed by atoms with Crippen molar-refractivity contribution >= 4 is 27.6 Å². The van der Waals surface area contributed by atoms with Gasteiger partial charge in [0, 0.05) is 14.1 Å². The molecule has 0 fully saturated rings. The Kier molecular flexibility index (Phi) is 5.80. The lowest BCUT2D eigenvalue weighted by atomic mass is 10.1. The predicted molar refractivity (Wildman–Crippen MR) is 93.0 cm³/mol. The molecule has 0 atom stereocenters. The molecule has 0 aliphatic rings. The number of carbonyl (C=O) groups excluding carboxylic acids is 1. The van der Waals surface area contributed by atoms with Gasteiger partial charge in [-0.1, -0.05) is 23.7 Å². The summed E-state index contributed by atoms with van der Waals surface area (Å²) in [6, 6.07) is 12.3. The first-order chi connectivity index (χ1) is 11.8. The normalized spacial score (nSPS) is 11.2. The number of rotatable bonds is 5. The summed E-state index contributed by atoms with van der Waals surface area (Å²) in [6.45, 7) is 0. The van der Waals surface area contributed by atoms with E-state index in [0.29, 0.717) is 0 Å². The van der Waals surface area contributed by atoms with Gasteiger partial charge in [0.1, 0.15) is 5.75 Å². The van der Waals surface area contributed by atoms with Crippen LogP contribution >= 0.6 is 11.6 Å². The van der Waals surface area contributed by atoms with Gasteiger partial charge in [-0.3, -0.25) is 0 Å². The molecule has 130 valence electrons. The topological polar surface area (TPSA) is 87.5 Å². The summed E-state index contributed by atoms with van der Waals surface area (Å²) in [7, 11) is -0.911. The standard InChI is InChI=1S/C17H15ClN2O4S/c1-20(2)25(22,23)14-7-8-16(18)15(11-14)17(21)24-13-5-3-12(4-6-13)9-10-19/h3-8,11H,9H2,1-2H3. The molecular weight excluding hydrogens is 364 g/mol. The average Bonchev–Trinajstić information content (AvgIpc) is 2.56. The molecule has 0 aliphatic carbocycles. The molecule has 0 bridgehead atoms. The third kappa shape index (κ3) is 4.37. The number of sulfonamides is 1. The first-order valence-corrected chi connectivity index (χ1v) is 8.97. The van der Waals surface area contributed by atoms with Crippen molar-refractivity contribution in [2.24, 2.45) is 0 Å². The number of benzene rings is 2. The van der Waals surface area contributed by atoms with Crippen molar-refractivity contribution in [1.82, 2.24) is 4.31 Å². The van der Waals surface area contributed by atoms with Crippen molar-refractivity contribution in [1.29, 1.82) is 5.26 Å². The molecule has 0 saturated carbocycles. The zero-order valence-corrected chi connectivity index (χ0v) is 15.1. The van der Waals surface area contributed by atoms with Gasteiger partial charge in [0.2, 0.25) is 10.0 Å². The third-order valence-electron chi connectivity index (χ3n) is 3.35. The second-order valence-corrected chi connectivity index (χ2v) is 7.86. The van der Waals surface area contributed by atoms with E-state index in [2.05, 4.69) is 0 Å². The maximum Gasteiger partial charge on any atom is 0.345 e. The number of nitrogens with zero attached hydrogens (tertiary/aromatic N) is 2. The number of halogens is 1. The fourth-order valence-electron chi connectivity index (χ4n) is 1.96. The Morgan fingerprint density at radius 1 is 1.20 bits per heavy atom. The van der Waals surface area contributed by atoms with Gasteiger partial charge in [-0.05, 0) is 35.9 Å². The number of carbonyl (C=O) groups is 1. The van der Waals surface area contributed by atoms with Gasteiger partial charge >= 0.3 is 5.97 Å². The predicted octanol–water partition coefficient (Wildman–Crippen LogP) is 2.88. The van der Waals surface area contributed by atoms with Crippen molar-refractivity contribution < 1.29 is 17.9 Å². The van der Waals surface area contributed by atoms with Crippen LogP contribution in [0, 0.1) is 11.3 Å². The van der Waals surface area contributed by atoms with Crippen molar-refractivity contribution in [3.8, 4) is 11.8 Å². The lowest BCUT2D eigenvalue weighted by molar-refractivity contribution is 0.0734. The van der Waals surface area contributed by atoms with Crippen LogP contribution in [0.3, 0.4) is 0 Å². The molecule has 0 amide bonds. The minimum atomic E-state index is -3.70. The van der Waals surface area contributed by atoms with Gasteiger partial charge in [0.25, 0.3) is 0 Å². The molecule has 0 aromatic heterocycles. The molecule has 8 heteroatoms. The molecule has 0 unspecified atom stereocenters. The lowest BCUT2D eigenvalue weighted by Gasteiger charge is -2.13. The molecular formula is C17H15ClN2O4S. The second kappa shape index (κ2) is 7.66. The van der Waals surface area contributed by atoms with Crippen LogP contribution in [-0.4, -0.2) is 32.8 Å². The van der Waals surface area contributed by atoms with Crippen LogP contribution in [0.2, 0.25) is 5.02 Å². The highest BCUT2D eigenvalue weighted by Crippen LogP contribution is 2.24. The van der Waals surface area contributed by atoms with Crippen molar-refractivity contribution in [2.45, 2.75) is 11.3 Å². The summed E-state index contributed by atoms with van der Waals surface area (Å²) < 4.78 is 30.6. The van der Waals surface area contributed by atoms with Crippen molar-refractivity contribution in [3.05, 3.63) is 58.6 Å². The highest BCUT2D eigenvalue weighted by molar-refractivity contribution is 7.89. The minimum absolute atomic E-state index is 0.0503. The summed E-state index contributed by atoms with van der Waals surface area (Å²) in [5.74, 6) is -0.502. The van der Waals surface area contributed by atoms with E-state index < -0.39 is 16.0 Å². The summed E-state index contributed by atoms with van der Waals surface area (Å²) in [5, 5.41) is 8.73. The van der Waals surface area contributed by atoms with Gasteiger partial charge in [0.15, 0.2) is 0 Å². The summed E-state index contributed by atoms with van der Waals surface area (Å²) >= 11 is 6.01. The number of hydrogen-bond donors (Lipinski definition) is 0. The third-order valence-corrected chi connectivity index (χ3v) is 5.49. The first kappa shape index (κ1) is 18.9. The second-order valence-electron chi connectivity index (χ2n) is 5.30. The number of esters is 1. The largest absolute Gasteiger partial charge is 0.423 e. The Bertz CT molecular complexity index is 932. The van der Waals surface area contributed by atoms with Crippen LogP contribution in [0.5, 0.6) is 5.75 Å². The lowest BCUT2D eigenvalue weighted by Crippen LogP contribution is -2.22. The fraction of sp³-hybridized carbons (Fsp3) is 0.176. The highest BCUT2D eigenvalue weighted by Gasteiger charge is 2.21. The molecule has 0 radical (unpaired) electrons. The molecule has 0 heterocycles. The van der Waals surface area contributed by atoms with E-state index >= 15 is 0 Å². The zero-order valence-electron chi connectivity index (χ0n) is 13.6. The van der Waals surface area contributed by atoms with E-state index in [0.717, 1.165) is 9.87 Å². The highest BCUT2D eigenvalue weighted by atomic mass is 35.5. The number of hydrogen-bond acceptors (Lipinski definition) is 5. The van der Waals surface area contributed by atoms with E-state index in [9.17, 15) is 13.2 Å². The quantitative estimate of drug-likeness (QED) is 0.589. The zero-order chi connectivity index (χ0) is 18.6. The van der Waals surface area contributed by atoms with Gasteiger partial charge in [-0.2, -0.15) is 5.26 Å². The summed E-state index contributed by atoms with van der Waals surface area (Å²) in [4.78, 5) is 12.3. The molecule has 2 aromatic rings. The van der Waals surface area contributed by atoms with Gasteiger partial charge in [-0.25, -0.2) is 17.5 Å². The molecule has 2 rings (SSSR count). The smallest absolute Gasteiger partial charge is 0.345 e. The Hall–Kier alpha value is -2.40. The van der Waals surface area contributed by atoms with E-state index in [1.807, 2.05) is 6.07 Å². The van der Waals surface area contributed by atoms with Crippen LogP contribution in [0.1, 0.15) is 15.9 Å².